The molecule has 0 radical (unpaired) electrons. The van der Waals surface area contributed by atoms with Crippen LogP contribution in [0.15, 0.2) is 22.7 Å². The second-order valence-corrected chi connectivity index (χ2v) is 5.38. The first kappa shape index (κ1) is 15.2. The molecule has 0 spiro atoms. The van der Waals surface area contributed by atoms with Crippen molar-refractivity contribution in [2.75, 3.05) is 0 Å². The Morgan fingerprint density at radius 1 is 1.25 bits per heavy atom. The summed E-state index contributed by atoms with van der Waals surface area (Å²) in [5.74, 6) is 0.291. The smallest absolute Gasteiger partial charge is 0.258 e. The molecule has 1 heterocycles. The fourth-order valence-corrected chi connectivity index (χ4v) is 2.67. The van der Waals surface area contributed by atoms with Crippen LogP contribution >= 0.6 is 24.0 Å². The number of nitrogens with two attached hydrogens (primary N) is 1. The van der Waals surface area contributed by atoms with Crippen molar-refractivity contribution >= 4 is 24.0 Å². The Labute approximate surface area is 126 Å². The monoisotopic (exact) mass is 317 g/mol. The molecule has 3 rings (SSSR count). The van der Waals surface area contributed by atoms with Crippen molar-refractivity contribution in [3.8, 4) is 11.5 Å². The van der Waals surface area contributed by atoms with E-state index < -0.39 is 11.4 Å². The summed E-state index contributed by atoms with van der Waals surface area (Å²) in [6.45, 7) is 0. The third kappa shape index (κ3) is 2.80. The maximum Gasteiger partial charge on any atom is 0.258 e. The molecular formula is C13H14Cl2FN3O. The van der Waals surface area contributed by atoms with E-state index in [2.05, 4.69) is 10.1 Å². The van der Waals surface area contributed by atoms with Crippen LogP contribution in [-0.2, 0) is 5.54 Å². The molecule has 1 aromatic carbocycles. The van der Waals surface area contributed by atoms with E-state index in [-0.39, 0.29) is 23.3 Å². The SMILES string of the molecule is Cl.NC1(c2noc(-c3cc(F)cc(Cl)c3)n2)CCCC1. The number of nitrogens with zero attached hydrogens (tertiary/aromatic N) is 2. The van der Waals surface area contributed by atoms with E-state index in [1.54, 1.807) is 6.07 Å². The van der Waals surface area contributed by atoms with Gasteiger partial charge in [0.05, 0.1) is 5.54 Å². The third-order valence-corrected chi connectivity index (χ3v) is 3.69. The van der Waals surface area contributed by atoms with E-state index in [0.717, 1.165) is 25.7 Å². The molecule has 0 saturated heterocycles. The van der Waals surface area contributed by atoms with Gasteiger partial charge in [0.15, 0.2) is 5.82 Å². The Balaban J connectivity index is 0.00000147. The van der Waals surface area contributed by atoms with Gasteiger partial charge in [0.2, 0.25) is 0 Å². The summed E-state index contributed by atoms with van der Waals surface area (Å²) in [5.41, 5.74) is 6.19. The molecule has 7 heteroatoms. The zero-order valence-corrected chi connectivity index (χ0v) is 12.2. The number of aromatic nitrogens is 2. The number of rotatable bonds is 2. The predicted octanol–water partition coefficient (Wildman–Crippen LogP) is 3.68. The highest BCUT2D eigenvalue weighted by atomic mass is 35.5. The average Bonchev–Trinajstić information content (AvgIpc) is 2.96. The van der Waals surface area contributed by atoms with E-state index in [9.17, 15) is 4.39 Å². The van der Waals surface area contributed by atoms with Crippen LogP contribution in [0.2, 0.25) is 5.02 Å². The van der Waals surface area contributed by atoms with E-state index in [0.29, 0.717) is 11.4 Å². The zero-order chi connectivity index (χ0) is 13.5. The first-order chi connectivity index (χ1) is 9.07. The van der Waals surface area contributed by atoms with Crippen LogP contribution in [0, 0.1) is 5.82 Å². The maximum absolute atomic E-state index is 13.3. The van der Waals surface area contributed by atoms with E-state index in [4.69, 9.17) is 21.9 Å². The lowest BCUT2D eigenvalue weighted by Crippen LogP contribution is -2.34. The van der Waals surface area contributed by atoms with Crippen LogP contribution in [-0.4, -0.2) is 10.1 Å². The maximum atomic E-state index is 13.3. The van der Waals surface area contributed by atoms with Gasteiger partial charge in [-0.25, -0.2) is 4.39 Å². The molecule has 1 saturated carbocycles. The van der Waals surface area contributed by atoms with Crippen molar-refractivity contribution in [2.45, 2.75) is 31.2 Å². The van der Waals surface area contributed by atoms with Gasteiger partial charge in [0.1, 0.15) is 5.82 Å². The summed E-state index contributed by atoms with van der Waals surface area (Å²) in [6, 6.07) is 4.12. The van der Waals surface area contributed by atoms with Gasteiger partial charge in [0.25, 0.3) is 5.89 Å². The van der Waals surface area contributed by atoms with Crippen LogP contribution in [0.5, 0.6) is 0 Å². The van der Waals surface area contributed by atoms with Gasteiger partial charge in [-0.1, -0.05) is 29.6 Å². The summed E-state index contributed by atoms with van der Waals surface area (Å²) >= 11 is 5.81. The molecular weight excluding hydrogens is 304 g/mol. The molecule has 4 nitrogen and oxygen atoms in total. The lowest BCUT2D eigenvalue weighted by Gasteiger charge is -2.17. The third-order valence-electron chi connectivity index (χ3n) is 3.48. The molecule has 1 fully saturated rings. The van der Waals surface area contributed by atoms with E-state index in [1.807, 2.05) is 0 Å². The molecule has 0 unspecified atom stereocenters. The number of hydrogen-bond acceptors (Lipinski definition) is 4. The van der Waals surface area contributed by atoms with Crippen molar-refractivity contribution in [1.29, 1.82) is 0 Å². The van der Waals surface area contributed by atoms with E-state index in [1.165, 1.54) is 12.1 Å². The van der Waals surface area contributed by atoms with Crippen LogP contribution in [0.3, 0.4) is 0 Å². The second kappa shape index (κ2) is 5.68. The fourth-order valence-electron chi connectivity index (χ4n) is 2.45. The number of halogens is 3. The van der Waals surface area contributed by atoms with Gasteiger partial charge in [-0.2, -0.15) is 4.98 Å². The summed E-state index contributed by atoms with van der Waals surface area (Å²) < 4.78 is 18.5. The fraction of sp³-hybridized carbons (Fsp3) is 0.385. The Morgan fingerprint density at radius 2 is 1.95 bits per heavy atom. The van der Waals surface area contributed by atoms with Crippen molar-refractivity contribution < 1.29 is 8.91 Å². The van der Waals surface area contributed by atoms with Crippen LogP contribution < -0.4 is 5.73 Å². The van der Waals surface area contributed by atoms with Gasteiger partial charge < -0.3 is 10.3 Å². The van der Waals surface area contributed by atoms with Crippen LogP contribution in [0.25, 0.3) is 11.5 Å². The standard InChI is InChI=1S/C13H13ClFN3O.ClH/c14-9-5-8(6-10(15)7-9)11-17-12(18-19-11)13(16)3-1-2-4-13;/h5-7H,1-4,16H2;1H. The van der Waals surface area contributed by atoms with Crippen molar-refractivity contribution in [1.82, 2.24) is 10.1 Å². The van der Waals surface area contributed by atoms with Crippen LogP contribution in [0.1, 0.15) is 31.5 Å². The normalized spacial score (nSPS) is 16.9. The largest absolute Gasteiger partial charge is 0.334 e. The number of hydrogen-bond donors (Lipinski definition) is 1. The minimum atomic E-state index is -0.515. The summed E-state index contributed by atoms with van der Waals surface area (Å²) in [5, 5.41) is 4.22. The highest BCUT2D eigenvalue weighted by Gasteiger charge is 2.36. The number of benzene rings is 1. The quantitative estimate of drug-likeness (QED) is 0.917. The molecule has 1 aliphatic carbocycles. The predicted molar refractivity (Wildman–Crippen MR) is 76.3 cm³/mol. The average molecular weight is 318 g/mol. The van der Waals surface area contributed by atoms with E-state index >= 15 is 0 Å². The first-order valence-electron chi connectivity index (χ1n) is 6.16. The lowest BCUT2D eigenvalue weighted by atomic mass is 9.99. The molecule has 20 heavy (non-hydrogen) atoms. The Hall–Kier alpha value is -1.17. The summed E-state index contributed by atoms with van der Waals surface area (Å²) in [7, 11) is 0. The van der Waals surface area contributed by atoms with Gasteiger partial charge >= 0.3 is 0 Å². The van der Waals surface area contributed by atoms with Crippen molar-refractivity contribution in [2.24, 2.45) is 5.73 Å². The molecule has 0 bridgehead atoms. The second-order valence-electron chi connectivity index (χ2n) is 4.94. The molecule has 2 aromatic rings. The van der Waals surface area contributed by atoms with Gasteiger partial charge in [-0.15, -0.1) is 12.4 Å². The van der Waals surface area contributed by atoms with Gasteiger partial charge in [-0.3, -0.25) is 0 Å². The molecule has 1 aliphatic rings. The molecule has 0 aliphatic heterocycles. The minimum Gasteiger partial charge on any atom is -0.334 e. The van der Waals surface area contributed by atoms with Crippen LogP contribution in [0.4, 0.5) is 4.39 Å². The minimum absolute atomic E-state index is 0. The molecule has 0 amide bonds. The van der Waals surface area contributed by atoms with Crippen molar-refractivity contribution in [3.63, 3.8) is 0 Å². The van der Waals surface area contributed by atoms with Crippen molar-refractivity contribution in [3.05, 3.63) is 34.9 Å². The molecule has 1 aromatic heterocycles. The topological polar surface area (TPSA) is 64.9 Å². The van der Waals surface area contributed by atoms with Gasteiger partial charge in [-0.05, 0) is 31.0 Å². The Kier molecular flexibility index (Phi) is 4.32. The molecule has 2 N–H and O–H groups in total. The lowest BCUT2D eigenvalue weighted by molar-refractivity contribution is 0.372. The molecule has 108 valence electrons. The summed E-state index contributed by atoms with van der Waals surface area (Å²) in [6.07, 6.45) is 3.81. The molecule has 0 atom stereocenters. The first-order valence-corrected chi connectivity index (χ1v) is 6.54. The Bertz CT molecular complexity index is 591. The highest BCUT2D eigenvalue weighted by Crippen LogP contribution is 2.35. The van der Waals surface area contributed by atoms with Gasteiger partial charge in [0, 0.05) is 10.6 Å². The summed E-state index contributed by atoms with van der Waals surface area (Å²) in [4.78, 5) is 4.29. The Morgan fingerprint density at radius 3 is 2.60 bits per heavy atom. The zero-order valence-electron chi connectivity index (χ0n) is 10.6. The highest BCUT2D eigenvalue weighted by molar-refractivity contribution is 6.30.